The van der Waals surface area contributed by atoms with Crippen molar-refractivity contribution in [2.75, 3.05) is 5.01 Å². The van der Waals surface area contributed by atoms with Crippen LogP contribution in [0.3, 0.4) is 0 Å². The molecule has 1 N–H and O–H groups in total. The van der Waals surface area contributed by atoms with Crippen LogP contribution in [0.5, 0.6) is 0 Å². The minimum absolute atomic E-state index is 0.0508. The number of nitrogens with zero attached hydrogens (tertiary/aromatic N) is 4. The van der Waals surface area contributed by atoms with Crippen LogP contribution in [0.2, 0.25) is 0 Å². The molecule has 0 saturated heterocycles. The van der Waals surface area contributed by atoms with Gasteiger partial charge >= 0.3 is 6.09 Å². The molecule has 24 heavy (non-hydrogen) atoms. The van der Waals surface area contributed by atoms with Crippen LogP contribution in [0.1, 0.15) is 52.8 Å². The summed E-state index contributed by atoms with van der Waals surface area (Å²) in [6, 6.07) is 2.01. The van der Waals surface area contributed by atoms with E-state index >= 15 is 0 Å². The van der Waals surface area contributed by atoms with Gasteiger partial charge < -0.3 is 4.74 Å². The predicted octanol–water partition coefficient (Wildman–Crippen LogP) is 3.55. The molecule has 1 aliphatic rings. The average Bonchev–Trinajstić information content (AvgIpc) is 2.90. The highest BCUT2D eigenvalue weighted by Gasteiger charge is 2.33. The monoisotopic (exact) mass is 395 g/mol. The molecule has 1 aromatic heterocycles. The number of aromatic nitrogens is 2. The highest BCUT2D eigenvalue weighted by molar-refractivity contribution is 9.10. The molecular formula is C16H22BrN5O2. The quantitative estimate of drug-likeness (QED) is 0.786. The first-order chi connectivity index (χ1) is 11.2. The van der Waals surface area contributed by atoms with E-state index in [1.165, 1.54) is 6.20 Å². The SMILES string of the molecule is C[C@H]1CCC[C@H]1N(NC(=O)OC(C)(C)C)c1nc(C#N)ncc1Br. The molecule has 1 aromatic rings. The number of anilines is 1. The lowest BCUT2D eigenvalue weighted by molar-refractivity contribution is 0.0511. The van der Waals surface area contributed by atoms with Gasteiger partial charge in [0.2, 0.25) is 5.82 Å². The molecule has 0 radical (unpaired) electrons. The van der Waals surface area contributed by atoms with Crippen LogP contribution < -0.4 is 10.4 Å². The molecule has 1 fully saturated rings. The van der Waals surface area contributed by atoms with E-state index in [2.05, 4.69) is 38.2 Å². The minimum Gasteiger partial charge on any atom is -0.443 e. The van der Waals surface area contributed by atoms with Crippen LogP contribution in [0, 0.1) is 17.2 Å². The van der Waals surface area contributed by atoms with Crippen LogP contribution in [0.25, 0.3) is 0 Å². The average molecular weight is 396 g/mol. The Labute approximate surface area is 150 Å². The Hall–Kier alpha value is -1.88. The Bertz CT molecular complexity index is 653. The van der Waals surface area contributed by atoms with Gasteiger partial charge in [-0.1, -0.05) is 13.3 Å². The summed E-state index contributed by atoms with van der Waals surface area (Å²) >= 11 is 3.41. The van der Waals surface area contributed by atoms with Crippen molar-refractivity contribution in [2.24, 2.45) is 5.92 Å². The van der Waals surface area contributed by atoms with Crippen molar-refractivity contribution in [1.82, 2.24) is 15.4 Å². The highest BCUT2D eigenvalue weighted by Crippen LogP contribution is 2.33. The van der Waals surface area contributed by atoms with E-state index in [0.717, 1.165) is 19.3 Å². The summed E-state index contributed by atoms with van der Waals surface area (Å²) in [5, 5.41) is 10.8. The van der Waals surface area contributed by atoms with Crippen LogP contribution in [0.4, 0.5) is 10.6 Å². The number of hydrazine groups is 1. The molecule has 1 saturated carbocycles. The molecule has 0 spiro atoms. The number of nitriles is 1. The van der Waals surface area contributed by atoms with Gasteiger partial charge in [0.1, 0.15) is 11.7 Å². The Kier molecular flexibility index (Phi) is 5.65. The van der Waals surface area contributed by atoms with Gasteiger partial charge in [0, 0.05) is 6.20 Å². The lowest BCUT2D eigenvalue weighted by Gasteiger charge is -2.34. The zero-order chi connectivity index (χ0) is 17.9. The van der Waals surface area contributed by atoms with E-state index in [4.69, 9.17) is 10.00 Å². The smallest absolute Gasteiger partial charge is 0.426 e. The van der Waals surface area contributed by atoms with E-state index in [0.29, 0.717) is 16.2 Å². The minimum atomic E-state index is -0.599. The molecule has 1 heterocycles. The lowest BCUT2D eigenvalue weighted by Crippen LogP contribution is -2.52. The fraction of sp³-hybridized carbons (Fsp3) is 0.625. The summed E-state index contributed by atoms with van der Waals surface area (Å²) in [6.45, 7) is 7.57. The summed E-state index contributed by atoms with van der Waals surface area (Å²) < 4.78 is 5.97. The molecule has 8 heteroatoms. The largest absolute Gasteiger partial charge is 0.443 e. The van der Waals surface area contributed by atoms with Crippen LogP contribution >= 0.6 is 15.9 Å². The van der Waals surface area contributed by atoms with E-state index in [9.17, 15) is 4.79 Å². The summed E-state index contributed by atoms with van der Waals surface area (Å²) in [5.74, 6) is 0.897. The molecule has 130 valence electrons. The zero-order valence-electron chi connectivity index (χ0n) is 14.3. The maximum Gasteiger partial charge on any atom is 0.426 e. The van der Waals surface area contributed by atoms with E-state index in [1.54, 1.807) is 5.01 Å². The summed E-state index contributed by atoms with van der Waals surface area (Å²) in [7, 11) is 0. The molecule has 1 amide bonds. The van der Waals surface area contributed by atoms with Gasteiger partial charge in [0.25, 0.3) is 0 Å². The van der Waals surface area contributed by atoms with Crippen molar-refractivity contribution in [1.29, 1.82) is 5.26 Å². The van der Waals surface area contributed by atoms with Gasteiger partial charge in [-0.3, -0.25) is 5.01 Å². The number of hydrogen-bond acceptors (Lipinski definition) is 6. The van der Waals surface area contributed by atoms with Gasteiger partial charge in [0.15, 0.2) is 5.82 Å². The Morgan fingerprint density at radius 3 is 2.75 bits per heavy atom. The second kappa shape index (κ2) is 7.34. The van der Waals surface area contributed by atoms with Crippen molar-refractivity contribution in [3.63, 3.8) is 0 Å². The van der Waals surface area contributed by atoms with Crippen LogP contribution in [0.15, 0.2) is 10.7 Å². The highest BCUT2D eigenvalue weighted by atomic mass is 79.9. The van der Waals surface area contributed by atoms with E-state index < -0.39 is 11.7 Å². The van der Waals surface area contributed by atoms with Gasteiger partial charge in [-0.15, -0.1) is 0 Å². The van der Waals surface area contributed by atoms with Crippen molar-refractivity contribution in [3.8, 4) is 6.07 Å². The Morgan fingerprint density at radius 2 is 2.21 bits per heavy atom. The summed E-state index contributed by atoms with van der Waals surface area (Å²) in [5.41, 5.74) is 2.20. The number of rotatable bonds is 3. The standard InChI is InChI=1S/C16H22BrN5O2/c1-10-6-5-7-12(10)22(21-15(23)24-16(2,3)4)14-11(17)9-19-13(8-18)20-14/h9-10,12H,5-7H2,1-4H3,(H,21,23)/t10-,12+/m0/s1. The Morgan fingerprint density at radius 1 is 1.50 bits per heavy atom. The number of halogens is 1. The summed E-state index contributed by atoms with van der Waals surface area (Å²) in [6.07, 6.45) is 4.04. The molecule has 7 nitrogen and oxygen atoms in total. The molecular weight excluding hydrogens is 374 g/mol. The number of carbonyl (C=O) groups is 1. The third kappa shape index (κ3) is 4.57. The first kappa shape index (κ1) is 18.5. The first-order valence-electron chi connectivity index (χ1n) is 7.93. The first-order valence-corrected chi connectivity index (χ1v) is 8.72. The van der Waals surface area contributed by atoms with Crippen LogP contribution in [-0.4, -0.2) is 27.7 Å². The normalized spacial score (nSPS) is 20.3. The number of ether oxygens (including phenoxy) is 1. The molecule has 0 bridgehead atoms. The van der Waals surface area contributed by atoms with Gasteiger partial charge in [-0.2, -0.15) is 10.2 Å². The van der Waals surface area contributed by atoms with Crippen molar-refractivity contribution >= 4 is 27.8 Å². The predicted molar refractivity (Wildman–Crippen MR) is 93.1 cm³/mol. The molecule has 0 unspecified atom stereocenters. The molecule has 1 aliphatic carbocycles. The van der Waals surface area contributed by atoms with Crippen molar-refractivity contribution < 1.29 is 9.53 Å². The Balaban J connectivity index is 2.33. The van der Waals surface area contributed by atoms with Gasteiger partial charge in [-0.05, 0) is 55.5 Å². The summed E-state index contributed by atoms with van der Waals surface area (Å²) in [4.78, 5) is 20.5. The lowest BCUT2D eigenvalue weighted by atomic mass is 10.1. The second-order valence-corrected chi connectivity index (χ2v) is 7.79. The zero-order valence-corrected chi connectivity index (χ0v) is 15.9. The van der Waals surface area contributed by atoms with E-state index in [1.807, 2.05) is 26.8 Å². The molecule has 0 aromatic carbocycles. The maximum absolute atomic E-state index is 12.3. The number of amides is 1. The third-order valence-corrected chi connectivity index (χ3v) is 4.37. The number of hydrogen-bond donors (Lipinski definition) is 1. The van der Waals surface area contributed by atoms with Crippen molar-refractivity contribution in [2.45, 2.75) is 58.6 Å². The fourth-order valence-corrected chi connectivity index (χ4v) is 3.16. The third-order valence-electron chi connectivity index (χ3n) is 3.81. The van der Waals surface area contributed by atoms with Gasteiger partial charge in [-0.25, -0.2) is 15.2 Å². The fourth-order valence-electron chi connectivity index (χ4n) is 2.78. The molecule has 2 rings (SSSR count). The van der Waals surface area contributed by atoms with Crippen LogP contribution in [-0.2, 0) is 4.74 Å². The topological polar surface area (TPSA) is 91.1 Å². The number of nitrogens with one attached hydrogen (secondary N) is 1. The maximum atomic E-state index is 12.3. The van der Waals surface area contributed by atoms with Crippen molar-refractivity contribution in [3.05, 3.63) is 16.5 Å². The molecule has 2 atom stereocenters. The molecule has 0 aliphatic heterocycles. The van der Waals surface area contributed by atoms with Gasteiger partial charge in [0.05, 0.1) is 10.5 Å². The number of carbonyl (C=O) groups excluding carboxylic acids is 1. The second-order valence-electron chi connectivity index (χ2n) is 6.94. The van der Waals surface area contributed by atoms with E-state index in [-0.39, 0.29) is 11.9 Å².